The minimum Gasteiger partial charge on any atom is -0.370 e. The fourth-order valence-electron chi connectivity index (χ4n) is 4.38. The van der Waals surface area contributed by atoms with Gasteiger partial charge in [-0.05, 0) is 56.3 Å². The first-order chi connectivity index (χ1) is 14.4. The van der Waals surface area contributed by atoms with E-state index in [1.165, 1.54) is 37.9 Å². The number of halogens is 4. The van der Waals surface area contributed by atoms with Crippen molar-refractivity contribution in [1.29, 1.82) is 0 Å². The maximum atomic E-state index is 13.1. The number of nitrogens with one attached hydrogen (secondary N) is 1. The van der Waals surface area contributed by atoms with E-state index >= 15 is 0 Å². The van der Waals surface area contributed by atoms with E-state index in [4.69, 9.17) is 9.73 Å². The molecule has 0 radical (unpaired) electrons. The molecule has 3 fully saturated rings. The third kappa shape index (κ3) is 6.47. The van der Waals surface area contributed by atoms with Crippen LogP contribution in [0.2, 0.25) is 0 Å². The molecule has 4 rings (SSSR count). The van der Waals surface area contributed by atoms with Crippen LogP contribution in [0.5, 0.6) is 0 Å². The molecule has 174 valence electrons. The van der Waals surface area contributed by atoms with E-state index in [-0.39, 0.29) is 24.0 Å². The summed E-state index contributed by atoms with van der Waals surface area (Å²) in [4.78, 5) is 9.59. The van der Waals surface area contributed by atoms with Crippen LogP contribution in [0.25, 0.3) is 0 Å². The monoisotopic (exact) mass is 552 g/mol. The Balaban J connectivity index is 0.00000272. The van der Waals surface area contributed by atoms with Crippen LogP contribution in [0.1, 0.15) is 43.4 Å². The lowest BCUT2D eigenvalue weighted by Gasteiger charge is -2.35. The minimum atomic E-state index is -4.35. The van der Waals surface area contributed by atoms with Crippen LogP contribution in [0.3, 0.4) is 0 Å². The van der Waals surface area contributed by atoms with Gasteiger partial charge in [0.15, 0.2) is 5.96 Å². The van der Waals surface area contributed by atoms with Gasteiger partial charge in [0.1, 0.15) is 6.10 Å². The molecule has 3 aliphatic rings. The summed E-state index contributed by atoms with van der Waals surface area (Å²) in [6.45, 7) is 7.52. The van der Waals surface area contributed by atoms with Crippen LogP contribution in [0, 0.1) is 5.92 Å². The van der Waals surface area contributed by atoms with E-state index in [1.807, 2.05) is 6.92 Å². The van der Waals surface area contributed by atoms with Gasteiger partial charge in [-0.1, -0.05) is 12.1 Å². The predicted octanol–water partition coefficient (Wildman–Crippen LogP) is 4.15. The molecule has 2 atom stereocenters. The lowest BCUT2D eigenvalue weighted by atomic mass is 10.0. The van der Waals surface area contributed by atoms with Gasteiger partial charge in [0, 0.05) is 32.2 Å². The van der Waals surface area contributed by atoms with Crippen LogP contribution in [0.4, 0.5) is 13.2 Å². The normalized spacial score (nSPS) is 25.4. The molecular formula is C22H32F3IN4O. The molecule has 1 N–H and O–H groups in total. The van der Waals surface area contributed by atoms with Gasteiger partial charge in [0.25, 0.3) is 0 Å². The van der Waals surface area contributed by atoms with Gasteiger partial charge in [-0.2, -0.15) is 13.2 Å². The highest BCUT2D eigenvalue weighted by atomic mass is 127. The van der Waals surface area contributed by atoms with Gasteiger partial charge in [0.2, 0.25) is 0 Å². The third-order valence-electron chi connectivity index (χ3n) is 6.17. The highest BCUT2D eigenvalue weighted by molar-refractivity contribution is 14.0. The summed E-state index contributed by atoms with van der Waals surface area (Å²) in [5.41, 5.74) is -0.0796. The molecule has 0 spiro atoms. The molecule has 1 saturated carbocycles. The summed E-state index contributed by atoms with van der Waals surface area (Å²) >= 11 is 0. The van der Waals surface area contributed by atoms with Gasteiger partial charge in [-0.15, -0.1) is 24.0 Å². The molecule has 1 aromatic rings. The molecule has 31 heavy (non-hydrogen) atoms. The van der Waals surface area contributed by atoms with E-state index in [0.29, 0.717) is 31.2 Å². The zero-order valence-electron chi connectivity index (χ0n) is 17.9. The second-order valence-electron chi connectivity index (χ2n) is 8.50. The number of morpholine rings is 1. The van der Waals surface area contributed by atoms with E-state index in [0.717, 1.165) is 37.7 Å². The number of hydrogen-bond donors (Lipinski definition) is 1. The number of benzene rings is 1. The standard InChI is InChI=1S/C22H31F3N4O.HI/c1-2-26-21(27-13-16-8-9-28(14-16)19-6-7-19)29-10-11-30-20(15-29)17-4-3-5-18(12-17)22(23,24)25;/h3-5,12,16,19-20H,2,6-11,13-15H2,1H3,(H,26,27);1H. The number of hydrogen-bond acceptors (Lipinski definition) is 3. The maximum Gasteiger partial charge on any atom is 0.416 e. The first-order valence-corrected chi connectivity index (χ1v) is 11.0. The second kappa shape index (κ2) is 10.7. The Labute approximate surface area is 199 Å². The third-order valence-corrected chi connectivity index (χ3v) is 6.17. The van der Waals surface area contributed by atoms with Gasteiger partial charge in [0.05, 0.1) is 18.7 Å². The first-order valence-electron chi connectivity index (χ1n) is 11.0. The molecule has 0 bridgehead atoms. The van der Waals surface area contributed by atoms with Crippen molar-refractivity contribution >= 4 is 29.9 Å². The van der Waals surface area contributed by atoms with Gasteiger partial charge < -0.3 is 19.9 Å². The Morgan fingerprint density at radius 2 is 2.00 bits per heavy atom. The predicted molar refractivity (Wildman–Crippen MR) is 126 cm³/mol. The van der Waals surface area contributed by atoms with Crippen molar-refractivity contribution in [3.63, 3.8) is 0 Å². The maximum absolute atomic E-state index is 13.1. The number of nitrogens with zero attached hydrogens (tertiary/aromatic N) is 3. The van der Waals surface area contributed by atoms with Crippen molar-refractivity contribution in [3.05, 3.63) is 35.4 Å². The first kappa shape index (κ1) is 24.6. The van der Waals surface area contributed by atoms with E-state index < -0.39 is 17.8 Å². The summed E-state index contributed by atoms with van der Waals surface area (Å²) in [6, 6.07) is 6.26. The number of guanidine groups is 1. The highest BCUT2D eigenvalue weighted by Crippen LogP contribution is 2.33. The zero-order chi connectivity index (χ0) is 21.1. The Morgan fingerprint density at radius 1 is 1.19 bits per heavy atom. The molecule has 2 heterocycles. The number of alkyl halides is 3. The summed E-state index contributed by atoms with van der Waals surface area (Å²) in [5.74, 6) is 1.42. The number of ether oxygens (including phenoxy) is 1. The summed E-state index contributed by atoms with van der Waals surface area (Å²) in [7, 11) is 0. The molecule has 5 nitrogen and oxygen atoms in total. The molecule has 2 saturated heterocycles. The topological polar surface area (TPSA) is 40.1 Å². The Kier molecular flexibility index (Phi) is 8.48. The second-order valence-corrected chi connectivity index (χ2v) is 8.50. The van der Waals surface area contributed by atoms with Gasteiger partial charge in [-0.3, -0.25) is 4.99 Å². The zero-order valence-corrected chi connectivity index (χ0v) is 20.2. The van der Waals surface area contributed by atoms with Crippen LogP contribution in [0.15, 0.2) is 29.3 Å². The highest BCUT2D eigenvalue weighted by Gasteiger charge is 2.35. The molecule has 2 unspecified atom stereocenters. The van der Waals surface area contributed by atoms with Crippen LogP contribution >= 0.6 is 24.0 Å². The molecule has 9 heteroatoms. The fourth-order valence-corrected chi connectivity index (χ4v) is 4.38. The van der Waals surface area contributed by atoms with Crippen LogP contribution in [-0.4, -0.2) is 67.7 Å². The number of likely N-dealkylation sites (tertiary alicyclic amines) is 1. The minimum absolute atomic E-state index is 0. The van der Waals surface area contributed by atoms with Crippen molar-refractivity contribution in [1.82, 2.24) is 15.1 Å². The molecule has 1 aliphatic carbocycles. The van der Waals surface area contributed by atoms with Crippen molar-refractivity contribution in [2.75, 3.05) is 45.9 Å². The quantitative estimate of drug-likeness (QED) is 0.339. The Bertz CT molecular complexity index is 757. The summed E-state index contributed by atoms with van der Waals surface area (Å²) in [5, 5.41) is 3.36. The lowest BCUT2D eigenvalue weighted by molar-refractivity contribution is -0.137. The molecule has 1 aromatic carbocycles. The molecule has 0 aromatic heterocycles. The largest absolute Gasteiger partial charge is 0.416 e. The molecule has 0 amide bonds. The van der Waals surface area contributed by atoms with E-state index in [1.54, 1.807) is 6.07 Å². The average molecular weight is 552 g/mol. The lowest BCUT2D eigenvalue weighted by Crippen LogP contribution is -2.48. The Morgan fingerprint density at radius 3 is 2.71 bits per heavy atom. The van der Waals surface area contributed by atoms with Crippen molar-refractivity contribution in [2.45, 2.75) is 44.5 Å². The Hall–Kier alpha value is -1.07. The molecule has 2 aliphatic heterocycles. The van der Waals surface area contributed by atoms with Gasteiger partial charge >= 0.3 is 6.18 Å². The fraction of sp³-hybridized carbons (Fsp3) is 0.682. The van der Waals surface area contributed by atoms with Gasteiger partial charge in [-0.25, -0.2) is 0 Å². The number of aliphatic imine (C=N–C) groups is 1. The summed E-state index contributed by atoms with van der Waals surface area (Å²) in [6.07, 6.45) is -0.889. The smallest absolute Gasteiger partial charge is 0.370 e. The average Bonchev–Trinajstić information content (AvgIpc) is 3.49. The SMILES string of the molecule is CCNC(=NCC1CCN(C2CC2)C1)N1CCOC(c2cccc(C(F)(F)F)c2)C1.I. The number of rotatable bonds is 5. The van der Waals surface area contributed by atoms with Crippen molar-refractivity contribution < 1.29 is 17.9 Å². The van der Waals surface area contributed by atoms with Crippen molar-refractivity contribution in [3.8, 4) is 0 Å². The van der Waals surface area contributed by atoms with Crippen LogP contribution in [-0.2, 0) is 10.9 Å². The summed E-state index contributed by atoms with van der Waals surface area (Å²) < 4.78 is 45.1. The van der Waals surface area contributed by atoms with E-state index in [9.17, 15) is 13.2 Å². The van der Waals surface area contributed by atoms with Crippen LogP contribution < -0.4 is 5.32 Å². The van der Waals surface area contributed by atoms with Crippen molar-refractivity contribution in [2.24, 2.45) is 10.9 Å². The molecular weight excluding hydrogens is 520 g/mol. The van der Waals surface area contributed by atoms with E-state index in [2.05, 4.69) is 15.1 Å².